The molecule has 4 aromatic rings. The zero-order chi connectivity index (χ0) is 17.4. The number of nitrogens with zero attached hydrogens (tertiary/aromatic N) is 2. The van der Waals surface area contributed by atoms with Crippen molar-refractivity contribution in [3.05, 3.63) is 78.1 Å². The van der Waals surface area contributed by atoms with E-state index < -0.39 is 11.7 Å². The normalized spacial score (nSPS) is 11.0. The van der Waals surface area contributed by atoms with Gasteiger partial charge >= 0.3 is 0 Å². The third-order valence-corrected chi connectivity index (χ3v) is 3.99. The fourth-order valence-electron chi connectivity index (χ4n) is 2.76. The largest absolute Gasteiger partial charge is 0.448 e. The van der Waals surface area contributed by atoms with E-state index in [9.17, 15) is 9.18 Å². The third-order valence-electron chi connectivity index (χ3n) is 3.99. The molecule has 25 heavy (non-hydrogen) atoms. The molecular formula is C19H14FN3O2. The van der Waals surface area contributed by atoms with E-state index in [1.165, 1.54) is 6.07 Å². The molecule has 6 heteroatoms. The number of fused-ring (bicyclic) bond motifs is 1. The first-order valence-electron chi connectivity index (χ1n) is 7.72. The Morgan fingerprint density at radius 1 is 1.20 bits per heavy atom. The Morgan fingerprint density at radius 3 is 2.80 bits per heavy atom. The van der Waals surface area contributed by atoms with Crippen molar-refractivity contribution in [2.45, 2.75) is 6.92 Å². The minimum atomic E-state index is -0.486. The summed E-state index contributed by atoms with van der Waals surface area (Å²) in [7, 11) is 0. The molecule has 2 heterocycles. The van der Waals surface area contributed by atoms with Crippen LogP contribution in [0.25, 0.3) is 16.7 Å². The van der Waals surface area contributed by atoms with Gasteiger partial charge in [0, 0.05) is 29.0 Å². The van der Waals surface area contributed by atoms with Gasteiger partial charge in [0.2, 0.25) is 0 Å². The van der Waals surface area contributed by atoms with Crippen molar-refractivity contribution in [1.82, 2.24) is 9.78 Å². The molecule has 0 fully saturated rings. The molecule has 2 aromatic heterocycles. The highest BCUT2D eigenvalue weighted by atomic mass is 19.1. The van der Waals surface area contributed by atoms with Crippen molar-refractivity contribution >= 4 is 22.6 Å². The van der Waals surface area contributed by atoms with Gasteiger partial charge in [0.25, 0.3) is 5.91 Å². The smallest absolute Gasteiger partial charge is 0.291 e. The van der Waals surface area contributed by atoms with Crippen LogP contribution in [0.3, 0.4) is 0 Å². The molecule has 0 saturated heterocycles. The number of nitrogens with one attached hydrogen (secondary N) is 1. The van der Waals surface area contributed by atoms with Gasteiger partial charge in [-0.05, 0) is 37.3 Å². The van der Waals surface area contributed by atoms with Crippen molar-refractivity contribution in [2.75, 3.05) is 5.32 Å². The number of amides is 1. The monoisotopic (exact) mass is 335 g/mol. The number of hydrogen-bond acceptors (Lipinski definition) is 3. The molecule has 2 aromatic carbocycles. The first-order chi connectivity index (χ1) is 12.1. The second-order valence-corrected chi connectivity index (χ2v) is 5.63. The summed E-state index contributed by atoms with van der Waals surface area (Å²) in [6.07, 6.45) is 3.49. The van der Waals surface area contributed by atoms with Crippen LogP contribution >= 0.6 is 0 Å². The van der Waals surface area contributed by atoms with Gasteiger partial charge in [0.15, 0.2) is 17.2 Å². The highest BCUT2D eigenvalue weighted by Crippen LogP contribution is 2.28. The third kappa shape index (κ3) is 2.67. The quantitative estimate of drug-likeness (QED) is 0.606. The molecule has 0 radical (unpaired) electrons. The van der Waals surface area contributed by atoms with Crippen LogP contribution in [0.2, 0.25) is 0 Å². The van der Waals surface area contributed by atoms with Crippen LogP contribution in [-0.2, 0) is 0 Å². The molecule has 1 N–H and O–H groups in total. The summed E-state index contributed by atoms with van der Waals surface area (Å²) in [5.41, 5.74) is 2.11. The zero-order valence-corrected chi connectivity index (χ0v) is 13.4. The van der Waals surface area contributed by atoms with Crippen molar-refractivity contribution in [3.63, 3.8) is 0 Å². The van der Waals surface area contributed by atoms with Crippen LogP contribution in [0.15, 0.2) is 65.3 Å². The number of anilines is 1. The summed E-state index contributed by atoms with van der Waals surface area (Å²) in [6.45, 7) is 1.74. The molecule has 0 unspecified atom stereocenters. The molecule has 124 valence electrons. The van der Waals surface area contributed by atoms with E-state index in [1.807, 2.05) is 24.4 Å². The van der Waals surface area contributed by atoms with Gasteiger partial charge < -0.3 is 9.73 Å². The SMILES string of the molecule is Cc1c(C(=O)Nc2cccc(-n3cccn3)c2)oc2c(F)cccc12. The summed E-state index contributed by atoms with van der Waals surface area (Å²) in [5, 5.41) is 7.54. The number of rotatable bonds is 3. The standard InChI is InChI=1S/C19H14FN3O2/c1-12-15-7-3-8-16(20)18(15)25-17(12)19(24)22-13-5-2-6-14(11-13)23-10-4-9-21-23/h2-11H,1H3,(H,22,24). The molecule has 0 atom stereocenters. The molecular weight excluding hydrogens is 321 g/mol. The Morgan fingerprint density at radius 2 is 2.04 bits per heavy atom. The lowest BCUT2D eigenvalue weighted by Crippen LogP contribution is -2.12. The maximum atomic E-state index is 13.8. The van der Waals surface area contributed by atoms with Crippen molar-refractivity contribution < 1.29 is 13.6 Å². The minimum Gasteiger partial charge on any atom is -0.448 e. The molecule has 4 rings (SSSR count). The fraction of sp³-hybridized carbons (Fsp3) is 0.0526. The molecule has 5 nitrogen and oxygen atoms in total. The first-order valence-corrected chi connectivity index (χ1v) is 7.72. The van der Waals surface area contributed by atoms with Gasteiger partial charge in [-0.15, -0.1) is 0 Å². The fourth-order valence-corrected chi connectivity index (χ4v) is 2.76. The predicted molar refractivity (Wildman–Crippen MR) is 92.4 cm³/mol. The van der Waals surface area contributed by atoms with E-state index in [-0.39, 0.29) is 11.3 Å². The second-order valence-electron chi connectivity index (χ2n) is 5.63. The molecule has 0 aliphatic rings. The van der Waals surface area contributed by atoms with Crippen LogP contribution in [0.4, 0.5) is 10.1 Å². The lowest BCUT2D eigenvalue weighted by Gasteiger charge is -2.07. The topological polar surface area (TPSA) is 60.1 Å². The van der Waals surface area contributed by atoms with Crippen LogP contribution in [0.5, 0.6) is 0 Å². The van der Waals surface area contributed by atoms with Gasteiger partial charge in [-0.3, -0.25) is 4.79 Å². The van der Waals surface area contributed by atoms with Gasteiger partial charge in [0.1, 0.15) is 0 Å². The summed E-state index contributed by atoms with van der Waals surface area (Å²) in [4.78, 5) is 12.6. The van der Waals surface area contributed by atoms with Crippen molar-refractivity contribution in [3.8, 4) is 5.69 Å². The summed E-state index contributed by atoms with van der Waals surface area (Å²) in [6, 6.07) is 13.7. The maximum absolute atomic E-state index is 13.8. The number of aryl methyl sites for hydroxylation is 1. The van der Waals surface area contributed by atoms with E-state index in [0.29, 0.717) is 16.6 Å². The average molecular weight is 335 g/mol. The summed E-state index contributed by atoms with van der Waals surface area (Å²) >= 11 is 0. The van der Waals surface area contributed by atoms with Gasteiger partial charge in [-0.1, -0.05) is 18.2 Å². The van der Waals surface area contributed by atoms with Crippen molar-refractivity contribution in [2.24, 2.45) is 0 Å². The summed E-state index contributed by atoms with van der Waals surface area (Å²) in [5.74, 6) is -0.810. The van der Waals surface area contributed by atoms with E-state index in [4.69, 9.17) is 4.42 Å². The maximum Gasteiger partial charge on any atom is 0.291 e. The highest BCUT2D eigenvalue weighted by molar-refractivity contribution is 6.06. The Bertz CT molecular complexity index is 1070. The van der Waals surface area contributed by atoms with Gasteiger partial charge in [0.05, 0.1) is 5.69 Å². The van der Waals surface area contributed by atoms with Gasteiger partial charge in [-0.2, -0.15) is 5.10 Å². The van der Waals surface area contributed by atoms with Crippen LogP contribution < -0.4 is 5.32 Å². The van der Waals surface area contributed by atoms with Crippen LogP contribution in [-0.4, -0.2) is 15.7 Å². The Hall–Kier alpha value is -3.41. The Balaban J connectivity index is 1.66. The molecule has 0 aliphatic carbocycles. The number of aromatic nitrogens is 2. The zero-order valence-electron chi connectivity index (χ0n) is 13.4. The van der Waals surface area contributed by atoms with E-state index >= 15 is 0 Å². The number of halogens is 1. The number of carbonyl (C=O) groups is 1. The second kappa shape index (κ2) is 5.90. The number of furan rings is 1. The molecule has 0 saturated carbocycles. The molecule has 1 amide bonds. The van der Waals surface area contributed by atoms with Crippen molar-refractivity contribution in [1.29, 1.82) is 0 Å². The first kappa shape index (κ1) is 15.1. The predicted octanol–water partition coefficient (Wildman–Crippen LogP) is 4.32. The number of hydrogen-bond donors (Lipinski definition) is 1. The average Bonchev–Trinajstić information content (AvgIpc) is 3.25. The van der Waals surface area contributed by atoms with E-state index in [0.717, 1.165) is 5.69 Å². The Kier molecular flexibility index (Phi) is 3.57. The molecule has 0 spiro atoms. The molecule has 0 bridgehead atoms. The Labute approximate surface area is 142 Å². The lowest BCUT2D eigenvalue weighted by molar-refractivity contribution is 0.0997. The van der Waals surface area contributed by atoms with E-state index in [2.05, 4.69) is 10.4 Å². The minimum absolute atomic E-state index is 0.0930. The summed E-state index contributed by atoms with van der Waals surface area (Å²) < 4.78 is 21.0. The van der Waals surface area contributed by atoms with E-state index in [1.54, 1.807) is 42.1 Å². The lowest BCUT2D eigenvalue weighted by atomic mass is 10.1. The number of carbonyl (C=O) groups excluding carboxylic acids is 1. The van der Waals surface area contributed by atoms with Crippen LogP contribution in [0.1, 0.15) is 16.1 Å². The highest BCUT2D eigenvalue weighted by Gasteiger charge is 2.19. The van der Waals surface area contributed by atoms with Gasteiger partial charge in [-0.25, -0.2) is 9.07 Å². The molecule has 0 aliphatic heterocycles. The van der Waals surface area contributed by atoms with Crippen LogP contribution in [0, 0.1) is 12.7 Å². The number of para-hydroxylation sites is 1. The number of benzene rings is 2.